The molecule has 0 amide bonds. The summed E-state index contributed by atoms with van der Waals surface area (Å²) in [6.45, 7) is 0. The molecule has 1 aliphatic heterocycles. The van der Waals surface area contributed by atoms with Gasteiger partial charge in [0, 0.05) is 12.8 Å². The zero-order valence-electron chi connectivity index (χ0n) is 18.3. The van der Waals surface area contributed by atoms with Gasteiger partial charge < -0.3 is 26.5 Å². The predicted octanol–water partition coefficient (Wildman–Crippen LogP) is 5.11. The Balaban J connectivity index is 1.24. The molecule has 0 radical (unpaired) electrons. The van der Waals surface area contributed by atoms with Gasteiger partial charge in [-0.15, -0.1) is 0 Å². The molecule has 0 saturated heterocycles. The third kappa shape index (κ3) is 3.76. The average Bonchev–Trinajstić information content (AvgIpc) is 3.69. The van der Waals surface area contributed by atoms with Crippen LogP contribution in [0.25, 0.3) is 58.5 Å². The highest BCUT2D eigenvalue weighted by molar-refractivity contribution is 5.57. The fourth-order valence-electron chi connectivity index (χ4n) is 3.51. The van der Waals surface area contributed by atoms with E-state index in [1.165, 1.54) is 37.6 Å². The molecule has 6 aromatic rings. The molecule has 0 spiro atoms. The molecule has 0 fully saturated rings. The van der Waals surface area contributed by atoms with Gasteiger partial charge in [-0.25, -0.2) is 29.9 Å². The molecule has 7 heterocycles. The Hall–Kier alpha value is -5.26. The molecule has 6 aromatic heterocycles. The van der Waals surface area contributed by atoms with Crippen LogP contribution in [-0.2, 0) is 12.8 Å². The minimum absolute atomic E-state index is 0.293. The van der Waals surface area contributed by atoms with Crippen molar-refractivity contribution >= 4 is 12.2 Å². The lowest BCUT2D eigenvalue weighted by molar-refractivity contribution is 0.508. The second kappa shape index (κ2) is 8.20. The SMILES string of the molecule is C1=C/c2coc(n2)-c2coc(n2)-c2coc(n2)C/C=C/c2coc(n2)-c2coc(n2)-c2coc(n2)C/1. The second-order valence-corrected chi connectivity index (χ2v) is 7.70. The fraction of sp³-hybridized carbons (Fsp3) is 0.0833. The van der Waals surface area contributed by atoms with Gasteiger partial charge in [-0.05, 0) is 12.2 Å². The van der Waals surface area contributed by atoms with E-state index in [1.807, 2.05) is 12.2 Å². The number of oxazole rings is 6. The van der Waals surface area contributed by atoms with Gasteiger partial charge in [-0.3, -0.25) is 0 Å². The van der Waals surface area contributed by atoms with Crippen LogP contribution in [-0.4, -0.2) is 29.9 Å². The van der Waals surface area contributed by atoms with Crippen LogP contribution < -0.4 is 0 Å². The lowest BCUT2D eigenvalue weighted by Gasteiger charge is -1.87. The maximum absolute atomic E-state index is 5.55. The minimum atomic E-state index is 0.293. The van der Waals surface area contributed by atoms with Crippen molar-refractivity contribution in [1.29, 1.82) is 0 Å². The first-order valence-electron chi connectivity index (χ1n) is 10.8. The Morgan fingerprint density at radius 1 is 0.417 bits per heavy atom. The third-order valence-electron chi connectivity index (χ3n) is 5.19. The summed E-state index contributed by atoms with van der Waals surface area (Å²) in [4.78, 5) is 26.5. The molecular weight excluding hydrogens is 468 g/mol. The van der Waals surface area contributed by atoms with Crippen molar-refractivity contribution in [1.82, 2.24) is 29.9 Å². The molecule has 36 heavy (non-hydrogen) atoms. The Morgan fingerprint density at radius 2 is 0.806 bits per heavy atom. The summed E-state index contributed by atoms with van der Waals surface area (Å²) < 4.78 is 33.3. The predicted molar refractivity (Wildman–Crippen MR) is 120 cm³/mol. The van der Waals surface area contributed by atoms with Crippen molar-refractivity contribution in [2.75, 3.05) is 0 Å². The van der Waals surface area contributed by atoms with E-state index in [9.17, 15) is 0 Å². The minimum Gasteiger partial charge on any atom is -0.448 e. The highest BCUT2D eigenvalue weighted by atomic mass is 16.4. The highest BCUT2D eigenvalue weighted by Crippen LogP contribution is 2.26. The Kier molecular flexibility index (Phi) is 4.59. The summed E-state index contributed by atoms with van der Waals surface area (Å²) in [5, 5.41) is 0. The van der Waals surface area contributed by atoms with Crippen LogP contribution >= 0.6 is 0 Å². The van der Waals surface area contributed by atoms with E-state index in [0.717, 1.165) is 0 Å². The fourth-order valence-corrected chi connectivity index (χ4v) is 3.51. The van der Waals surface area contributed by atoms with Gasteiger partial charge in [-0.2, -0.15) is 0 Å². The van der Waals surface area contributed by atoms with E-state index in [2.05, 4.69) is 29.9 Å². The van der Waals surface area contributed by atoms with Crippen LogP contribution in [0.1, 0.15) is 23.2 Å². The summed E-state index contributed by atoms with van der Waals surface area (Å²) in [5.41, 5.74) is 3.01. The summed E-state index contributed by atoms with van der Waals surface area (Å²) in [6, 6.07) is 0. The van der Waals surface area contributed by atoms with Gasteiger partial charge in [0.2, 0.25) is 23.6 Å². The van der Waals surface area contributed by atoms with E-state index in [4.69, 9.17) is 26.5 Å². The van der Waals surface area contributed by atoms with Crippen LogP contribution in [0.2, 0.25) is 0 Å². The van der Waals surface area contributed by atoms with Crippen molar-refractivity contribution < 1.29 is 26.5 Å². The molecule has 0 atom stereocenters. The zero-order valence-corrected chi connectivity index (χ0v) is 18.3. The Bertz CT molecular complexity index is 1600. The maximum Gasteiger partial charge on any atom is 0.249 e. The Labute approximate surface area is 201 Å². The summed E-state index contributed by atoms with van der Waals surface area (Å²) in [6.07, 6.45) is 17.0. The maximum atomic E-state index is 5.55. The molecule has 1 aliphatic rings. The highest BCUT2D eigenvalue weighted by Gasteiger charge is 2.17. The number of aromatic nitrogens is 6. The van der Waals surface area contributed by atoms with E-state index in [0.29, 0.717) is 82.3 Å². The third-order valence-corrected chi connectivity index (χ3v) is 5.19. The van der Waals surface area contributed by atoms with Crippen molar-refractivity contribution in [2.45, 2.75) is 12.8 Å². The van der Waals surface area contributed by atoms with Crippen molar-refractivity contribution in [3.8, 4) is 46.3 Å². The number of rotatable bonds is 0. The zero-order chi connectivity index (χ0) is 23.9. The lowest BCUT2D eigenvalue weighted by atomic mass is 10.3. The summed E-state index contributed by atoms with van der Waals surface area (Å²) in [7, 11) is 0. The van der Waals surface area contributed by atoms with Gasteiger partial charge in [0.15, 0.2) is 34.6 Å². The second-order valence-electron chi connectivity index (χ2n) is 7.70. The van der Waals surface area contributed by atoms with Crippen molar-refractivity contribution in [3.05, 3.63) is 72.9 Å². The van der Waals surface area contributed by atoms with E-state index < -0.39 is 0 Å². The van der Waals surface area contributed by atoms with Gasteiger partial charge in [0.05, 0.1) is 0 Å². The number of hydrogen-bond donors (Lipinski definition) is 0. The van der Waals surface area contributed by atoms with Crippen LogP contribution in [0, 0.1) is 0 Å². The molecule has 12 heteroatoms. The van der Waals surface area contributed by atoms with Gasteiger partial charge in [0.25, 0.3) is 0 Å². The molecule has 0 aromatic carbocycles. The van der Waals surface area contributed by atoms with E-state index in [-0.39, 0.29) is 0 Å². The smallest absolute Gasteiger partial charge is 0.249 e. The number of nitrogens with zero attached hydrogens (tertiary/aromatic N) is 6. The molecule has 0 saturated carbocycles. The van der Waals surface area contributed by atoms with E-state index >= 15 is 0 Å². The van der Waals surface area contributed by atoms with Gasteiger partial charge >= 0.3 is 0 Å². The first-order chi connectivity index (χ1) is 17.8. The molecular formula is C24H14N6O6. The summed E-state index contributed by atoms with van der Waals surface area (Å²) in [5.74, 6) is 2.18. The first-order valence-corrected chi connectivity index (χ1v) is 10.8. The Morgan fingerprint density at radius 3 is 1.31 bits per heavy atom. The molecule has 0 aliphatic carbocycles. The number of fused-ring (bicyclic) bond motifs is 16. The number of hydrogen-bond acceptors (Lipinski definition) is 12. The van der Waals surface area contributed by atoms with Crippen molar-refractivity contribution in [3.63, 3.8) is 0 Å². The van der Waals surface area contributed by atoms with E-state index in [1.54, 1.807) is 12.2 Å². The molecule has 7 rings (SSSR count). The standard InChI is InChI=1S/C24H14N6O6/c1-3-13-7-33-21(25-13)17-11-36-24(29-17)16-10-32-20(28-16)6-2-4-14-8-34-22(26-14)18-12-35-23(30-18)15-9-31-19(5-1)27-15/h1-4,7-12H,5-6H2/b3-1+,4-2+. The molecule has 0 N–H and O–H groups in total. The van der Waals surface area contributed by atoms with Crippen LogP contribution in [0.3, 0.4) is 0 Å². The van der Waals surface area contributed by atoms with Crippen LogP contribution in [0.15, 0.2) is 76.2 Å². The molecule has 0 unspecified atom stereocenters. The molecule has 176 valence electrons. The average molecular weight is 482 g/mol. The number of allylic oxidation sites excluding steroid dienone is 2. The van der Waals surface area contributed by atoms with Crippen LogP contribution in [0.4, 0.5) is 0 Å². The van der Waals surface area contributed by atoms with Gasteiger partial charge in [-0.1, -0.05) is 12.2 Å². The lowest BCUT2D eigenvalue weighted by Crippen LogP contribution is -1.84. The monoisotopic (exact) mass is 482 g/mol. The first kappa shape index (κ1) is 20.1. The molecule has 12 bridgehead atoms. The summed E-state index contributed by atoms with van der Waals surface area (Å²) >= 11 is 0. The topological polar surface area (TPSA) is 156 Å². The molecule has 12 nitrogen and oxygen atoms in total. The van der Waals surface area contributed by atoms with Gasteiger partial charge in [0.1, 0.15) is 49.0 Å². The largest absolute Gasteiger partial charge is 0.448 e. The van der Waals surface area contributed by atoms with Crippen molar-refractivity contribution in [2.24, 2.45) is 0 Å². The quantitative estimate of drug-likeness (QED) is 0.282. The normalized spacial score (nSPS) is 14.9. The van der Waals surface area contributed by atoms with Crippen LogP contribution in [0.5, 0.6) is 0 Å².